The van der Waals surface area contributed by atoms with Crippen LogP contribution in [0.5, 0.6) is 0 Å². The molecule has 0 saturated carbocycles. The molecule has 0 radical (unpaired) electrons. The van der Waals surface area contributed by atoms with E-state index in [1.54, 1.807) is 12.1 Å². The highest BCUT2D eigenvalue weighted by Gasteiger charge is 2.08. The van der Waals surface area contributed by atoms with Crippen molar-refractivity contribution in [3.05, 3.63) is 18.0 Å². The van der Waals surface area contributed by atoms with Gasteiger partial charge in [-0.2, -0.15) is 0 Å². The van der Waals surface area contributed by atoms with Crippen molar-refractivity contribution in [1.82, 2.24) is 4.98 Å². The molecule has 0 saturated heterocycles. The maximum atomic E-state index is 5.79. The number of anilines is 2. The molecule has 15 heavy (non-hydrogen) atoms. The van der Waals surface area contributed by atoms with E-state index in [2.05, 4.69) is 11.9 Å². The van der Waals surface area contributed by atoms with Crippen molar-refractivity contribution in [3.63, 3.8) is 0 Å². The summed E-state index contributed by atoms with van der Waals surface area (Å²) in [5.74, 6) is 0.740. The molecule has 0 aliphatic rings. The topological polar surface area (TPSA) is 78.1 Å². The lowest BCUT2D eigenvalue weighted by molar-refractivity contribution is 0.518. The Balaban J connectivity index is 2.41. The average molecular weight is 205 g/mol. The van der Waals surface area contributed by atoms with Gasteiger partial charge >= 0.3 is 0 Å². The number of hydrogen-bond acceptors (Lipinski definition) is 4. The molecule has 0 atom stereocenters. The average Bonchev–Trinajstić information content (AvgIpc) is 2.57. The highest BCUT2D eigenvalue weighted by molar-refractivity contribution is 5.88. The van der Waals surface area contributed by atoms with Crippen LogP contribution in [0.25, 0.3) is 11.1 Å². The van der Waals surface area contributed by atoms with Crippen molar-refractivity contribution in [3.8, 4) is 0 Å². The second-order valence-electron chi connectivity index (χ2n) is 3.67. The molecule has 0 fully saturated rings. The van der Waals surface area contributed by atoms with Gasteiger partial charge in [-0.15, -0.1) is 0 Å². The summed E-state index contributed by atoms with van der Waals surface area (Å²) in [5.41, 5.74) is 14.0. The van der Waals surface area contributed by atoms with Crippen molar-refractivity contribution >= 4 is 22.5 Å². The quantitative estimate of drug-likeness (QED) is 0.754. The van der Waals surface area contributed by atoms with Crippen LogP contribution >= 0.6 is 0 Å². The predicted octanol–water partition coefficient (Wildman–Crippen LogP) is 2.33. The van der Waals surface area contributed by atoms with E-state index in [0.717, 1.165) is 30.7 Å². The zero-order chi connectivity index (χ0) is 10.8. The summed E-state index contributed by atoms with van der Waals surface area (Å²) in [6.45, 7) is 2.13. The van der Waals surface area contributed by atoms with Crippen LogP contribution < -0.4 is 11.5 Å². The van der Waals surface area contributed by atoms with Crippen LogP contribution in [0.15, 0.2) is 16.5 Å². The summed E-state index contributed by atoms with van der Waals surface area (Å²) >= 11 is 0. The van der Waals surface area contributed by atoms with E-state index in [1.807, 2.05) is 0 Å². The fourth-order valence-corrected chi connectivity index (χ4v) is 1.56. The number of nitrogen functional groups attached to an aromatic ring is 2. The SMILES string of the molecule is CCCCc1nc2cc(N)cc(N)c2o1. The van der Waals surface area contributed by atoms with Gasteiger partial charge in [0.15, 0.2) is 11.5 Å². The first-order valence-corrected chi connectivity index (χ1v) is 5.15. The monoisotopic (exact) mass is 205 g/mol. The maximum absolute atomic E-state index is 5.79. The number of fused-ring (bicyclic) bond motifs is 1. The zero-order valence-corrected chi connectivity index (χ0v) is 8.79. The van der Waals surface area contributed by atoms with Gasteiger partial charge in [0.05, 0.1) is 5.69 Å². The largest absolute Gasteiger partial charge is 0.439 e. The van der Waals surface area contributed by atoms with Gasteiger partial charge in [-0.25, -0.2) is 4.98 Å². The van der Waals surface area contributed by atoms with Crippen LogP contribution in [0.2, 0.25) is 0 Å². The number of oxazole rings is 1. The first-order valence-electron chi connectivity index (χ1n) is 5.15. The highest BCUT2D eigenvalue weighted by atomic mass is 16.3. The number of hydrogen-bond donors (Lipinski definition) is 2. The van der Waals surface area contributed by atoms with Gasteiger partial charge in [0, 0.05) is 12.1 Å². The van der Waals surface area contributed by atoms with Crippen LogP contribution in [0.4, 0.5) is 11.4 Å². The van der Waals surface area contributed by atoms with Gasteiger partial charge in [0.2, 0.25) is 0 Å². The van der Waals surface area contributed by atoms with E-state index in [1.165, 1.54) is 0 Å². The number of rotatable bonds is 3. The third-order valence-electron chi connectivity index (χ3n) is 2.33. The minimum Gasteiger partial charge on any atom is -0.439 e. The molecule has 2 aromatic rings. The lowest BCUT2D eigenvalue weighted by Crippen LogP contribution is -1.89. The molecule has 0 unspecified atom stereocenters. The van der Waals surface area contributed by atoms with Crippen molar-refractivity contribution in [2.45, 2.75) is 26.2 Å². The number of unbranched alkanes of at least 4 members (excludes halogenated alkanes) is 1. The normalized spacial score (nSPS) is 11.0. The van der Waals surface area contributed by atoms with Crippen LogP contribution in [0, 0.1) is 0 Å². The lowest BCUT2D eigenvalue weighted by Gasteiger charge is -1.95. The van der Waals surface area contributed by atoms with Gasteiger partial charge in [-0.3, -0.25) is 0 Å². The number of nitrogens with two attached hydrogens (primary N) is 2. The number of benzene rings is 1. The molecule has 0 bridgehead atoms. The van der Waals surface area contributed by atoms with Crippen molar-refractivity contribution in [1.29, 1.82) is 0 Å². The highest BCUT2D eigenvalue weighted by Crippen LogP contribution is 2.25. The van der Waals surface area contributed by atoms with E-state index >= 15 is 0 Å². The van der Waals surface area contributed by atoms with Gasteiger partial charge in [0.1, 0.15) is 5.52 Å². The molecule has 1 heterocycles. The molecule has 0 aliphatic carbocycles. The third kappa shape index (κ3) is 1.88. The third-order valence-corrected chi connectivity index (χ3v) is 2.33. The van der Waals surface area contributed by atoms with Gasteiger partial charge in [-0.05, 0) is 18.6 Å². The van der Waals surface area contributed by atoms with Crippen LogP contribution in [0.1, 0.15) is 25.7 Å². The first kappa shape index (κ1) is 9.83. The standard InChI is InChI=1S/C11H15N3O/c1-2-3-4-10-14-9-6-7(12)5-8(13)11(9)15-10/h5-6H,2-4,12-13H2,1H3. The van der Waals surface area contributed by atoms with E-state index in [0.29, 0.717) is 17.0 Å². The molecule has 1 aromatic heterocycles. The molecule has 4 heteroatoms. The summed E-state index contributed by atoms with van der Waals surface area (Å²) in [4.78, 5) is 4.35. The van der Waals surface area contributed by atoms with Crippen LogP contribution in [0.3, 0.4) is 0 Å². The lowest BCUT2D eigenvalue weighted by atomic mass is 10.2. The van der Waals surface area contributed by atoms with E-state index in [9.17, 15) is 0 Å². The number of aromatic nitrogens is 1. The predicted molar refractivity (Wildman–Crippen MR) is 61.4 cm³/mol. The van der Waals surface area contributed by atoms with E-state index < -0.39 is 0 Å². The summed E-state index contributed by atoms with van der Waals surface area (Å²) in [6.07, 6.45) is 3.04. The Morgan fingerprint density at radius 2 is 2.13 bits per heavy atom. The Hall–Kier alpha value is -1.71. The molecular weight excluding hydrogens is 190 g/mol. The minimum absolute atomic E-state index is 0.556. The molecule has 80 valence electrons. The summed E-state index contributed by atoms with van der Waals surface area (Å²) in [6, 6.07) is 3.47. The molecule has 4 nitrogen and oxygen atoms in total. The molecule has 0 spiro atoms. The summed E-state index contributed by atoms with van der Waals surface area (Å²) in [5, 5.41) is 0. The first-order chi connectivity index (χ1) is 7.20. The van der Waals surface area contributed by atoms with Gasteiger partial charge < -0.3 is 15.9 Å². The molecule has 4 N–H and O–H groups in total. The number of nitrogens with zero attached hydrogens (tertiary/aromatic N) is 1. The van der Waals surface area contributed by atoms with Crippen LogP contribution in [-0.4, -0.2) is 4.98 Å². The van der Waals surface area contributed by atoms with Gasteiger partial charge in [-0.1, -0.05) is 13.3 Å². The summed E-state index contributed by atoms with van der Waals surface area (Å²) in [7, 11) is 0. The van der Waals surface area contributed by atoms with Crippen molar-refractivity contribution < 1.29 is 4.42 Å². The number of aryl methyl sites for hydroxylation is 1. The molecule has 2 rings (SSSR count). The molecular formula is C11H15N3O. The zero-order valence-electron chi connectivity index (χ0n) is 8.79. The Labute approximate surface area is 88.3 Å². The minimum atomic E-state index is 0.556. The van der Waals surface area contributed by atoms with Crippen molar-refractivity contribution in [2.24, 2.45) is 0 Å². The second-order valence-corrected chi connectivity index (χ2v) is 3.67. The van der Waals surface area contributed by atoms with E-state index in [-0.39, 0.29) is 0 Å². The fourth-order valence-electron chi connectivity index (χ4n) is 1.56. The Morgan fingerprint density at radius 3 is 2.87 bits per heavy atom. The Kier molecular flexibility index (Phi) is 2.49. The van der Waals surface area contributed by atoms with Gasteiger partial charge in [0.25, 0.3) is 0 Å². The summed E-state index contributed by atoms with van der Waals surface area (Å²) < 4.78 is 5.56. The Morgan fingerprint density at radius 1 is 1.33 bits per heavy atom. The maximum Gasteiger partial charge on any atom is 0.195 e. The smallest absolute Gasteiger partial charge is 0.195 e. The molecule has 0 aliphatic heterocycles. The molecule has 0 amide bonds. The fraction of sp³-hybridized carbons (Fsp3) is 0.364. The van der Waals surface area contributed by atoms with E-state index in [4.69, 9.17) is 15.9 Å². The van der Waals surface area contributed by atoms with Crippen molar-refractivity contribution in [2.75, 3.05) is 11.5 Å². The van der Waals surface area contributed by atoms with Crippen LogP contribution in [-0.2, 0) is 6.42 Å². The Bertz CT molecular complexity index is 476. The second kappa shape index (κ2) is 3.81. The molecule has 1 aromatic carbocycles.